The van der Waals surface area contributed by atoms with E-state index in [1.54, 1.807) is 6.20 Å². The number of ether oxygens (including phenoxy) is 2. The van der Waals surface area contributed by atoms with Gasteiger partial charge in [0.2, 0.25) is 0 Å². The minimum Gasteiger partial charge on any atom is -0.486 e. The molecule has 0 aliphatic carbocycles. The van der Waals surface area contributed by atoms with Crippen molar-refractivity contribution in [3.8, 4) is 11.5 Å². The van der Waals surface area contributed by atoms with Crippen molar-refractivity contribution in [2.24, 2.45) is 5.84 Å². The number of hydrogen-bond acceptors (Lipinski definition) is 7. The maximum absolute atomic E-state index is 5.59. The number of aromatic nitrogens is 2. The first-order chi connectivity index (χ1) is 8.88. The van der Waals surface area contributed by atoms with E-state index < -0.39 is 0 Å². The molecule has 7 heteroatoms. The van der Waals surface area contributed by atoms with E-state index in [1.165, 1.54) is 0 Å². The van der Waals surface area contributed by atoms with Gasteiger partial charge >= 0.3 is 0 Å². The number of rotatable bonds is 3. The van der Waals surface area contributed by atoms with Gasteiger partial charge in [-0.1, -0.05) is 6.07 Å². The van der Waals surface area contributed by atoms with Crippen molar-refractivity contribution in [2.45, 2.75) is 6.04 Å². The molecule has 3 rings (SSSR count). The number of hydrazine groups is 1. The molecule has 18 heavy (non-hydrogen) atoms. The van der Waals surface area contributed by atoms with Crippen LogP contribution in [0.4, 0.5) is 0 Å². The Morgan fingerprint density at radius 1 is 1.28 bits per heavy atom. The van der Waals surface area contributed by atoms with Crippen LogP contribution in [0.25, 0.3) is 0 Å². The number of nitrogens with two attached hydrogens (primary N) is 1. The zero-order chi connectivity index (χ0) is 12.4. The Morgan fingerprint density at radius 2 is 2.11 bits per heavy atom. The second-order valence-corrected chi connectivity index (χ2v) is 4.39. The predicted octanol–water partition coefficient (Wildman–Crippen LogP) is 0.862. The minimum atomic E-state index is -0.195. The van der Waals surface area contributed by atoms with Crippen LogP contribution in [-0.4, -0.2) is 22.0 Å². The van der Waals surface area contributed by atoms with E-state index in [0.717, 1.165) is 34.5 Å². The fourth-order valence-corrected chi connectivity index (χ4v) is 2.34. The number of nitrogens with zero attached hydrogens (tertiary/aromatic N) is 2. The lowest BCUT2D eigenvalue weighted by Crippen LogP contribution is -2.29. The third kappa shape index (κ3) is 2.03. The molecule has 1 unspecified atom stereocenters. The standard InChI is InChI=1S/C11H12N4O2S/c12-14-11(8-6-13-18-15-8)7-1-2-9-10(5-7)17-4-3-16-9/h1-2,5-6,11,14H,3-4,12H2. The molecule has 1 aromatic carbocycles. The van der Waals surface area contributed by atoms with E-state index in [0.29, 0.717) is 13.2 Å². The Morgan fingerprint density at radius 3 is 2.83 bits per heavy atom. The zero-order valence-corrected chi connectivity index (χ0v) is 10.3. The molecule has 0 radical (unpaired) electrons. The molecular formula is C11H12N4O2S. The Labute approximate surface area is 108 Å². The van der Waals surface area contributed by atoms with E-state index in [-0.39, 0.29) is 6.04 Å². The van der Waals surface area contributed by atoms with Crippen LogP contribution in [-0.2, 0) is 0 Å². The molecule has 6 nitrogen and oxygen atoms in total. The van der Waals surface area contributed by atoms with Gasteiger partial charge in [-0.05, 0) is 17.7 Å². The lowest BCUT2D eigenvalue weighted by molar-refractivity contribution is 0.171. The average molecular weight is 264 g/mol. The van der Waals surface area contributed by atoms with E-state index >= 15 is 0 Å². The summed E-state index contributed by atoms with van der Waals surface area (Å²) >= 11 is 1.16. The van der Waals surface area contributed by atoms with E-state index in [1.807, 2.05) is 18.2 Å². The topological polar surface area (TPSA) is 82.3 Å². The highest BCUT2D eigenvalue weighted by Gasteiger charge is 2.19. The molecule has 0 fully saturated rings. The van der Waals surface area contributed by atoms with Crippen LogP contribution < -0.4 is 20.7 Å². The van der Waals surface area contributed by atoms with Gasteiger partial charge in [-0.2, -0.15) is 8.75 Å². The van der Waals surface area contributed by atoms with Gasteiger partial charge in [-0.15, -0.1) is 0 Å². The molecule has 0 amide bonds. The monoisotopic (exact) mass is 264 g/mol. The number of nitrogens with one attached hydrogen (secondary N) is 1. The summed E-state index contributed by atoms with van der Waals surface area (Å²) in [6, 6.07) is 5.54. The Hall–Kier alpha value is -1.70. The van der Waals surface area contributed by atoms with Gasteiger partial charge in [0.15, 0.2) is 11.5 Å². The van der Waals surface area contributed by atoms with Crippen molar-refractivity contribution in [3.05, 3.63) is 35.7 Å². The van der Waals surface area contributed by atoms with Crippen LogP contribution in [0.1, 0.15) is 17.3 Å². The van der Waals surface area contributed by atoms with E-state index in [2.05, 4.69) is 14.2 Å². The third-order valence-corrected chi connectivity index (χ3v) is 3.23. The van der Waals surface area contributed by atoms with Crippen LogP contribution in [0.2, 0.25) is 0 Å². The molecule has 3 N–H and O–H groups in total. The lowest BCUT2D eigenvalue weighted by atomic mass is 10.0. The van der Waals surface area contributed by atoms with E-state index in [9.17, 15) is 0 Å². The maximum Gasteiger partial charge on any atom is 0.161 e. The minimum absolute atomic E-state index is 0.195. The highest BCUT2D eigenvalue weighted by molar-refractivity contribution is 6.99. The first kappa shape index (κ1) is 11.4. The van der Waals surface area contributed by atoms with Crippen LogP contribution in [0, 0.1) is 0 Å². The van der Waals surface area contributed by atoms with Crippen LogP contribution >= 0.6 is 11.7 Å². The van der Waals surface area contributed by atoms with Crippen molar-refractivity contribution in [1.82, 2.24) is 14.2 Å². The SMILES string of the molecule is NNC(c1ccc2c(c1)OCCO2)c1cnsn1. The molecule has 0 saturated heterocycles. The molecule has 2 heterocycles. The molecule has 94 valence electrons. The van der Waals surface area contributed by atoms with Crippen molar-refractivity contribution >= 4 is 11.7 Å². The predicted molar refractivity (Wildman–Crippen MR) is 66.5 cm³/mol. The normalized spacial score (nSPS) is 15.4. The van der Waals surface area contributed by atoms with Gasteiger partial charge < -0.3 is 9.47 Å². The summed E-state index contributed by atoms with van der Waals surface area (Å²) < 4.78 is 19.2. The van der Waals surface area contributed by atoms with Crippen LogP contribution in [0.15, 0.2) is 24.4 Å². The van der Waals surface area contributed by atoms with Crippen LogP contribution in [0.5, 0.6) is 11.5 Å². The summed E-state index contributed by atoms with van der Waals surface area (Å²) in [6.07, 6.45) is 1.70. The van der Waals surface area contributed by atoms with Crippen LogP contribution in [0.3, 0.4) is 0 Å². The van der Waals surface area contributed by atoms with Crippen molar-refractivity contribution in [3.63, 3.8) is 0 Å². The second-order valence-electron chi connectivity index (χ2n) is 3.84. The highest BCUT2D eigenvalue weighted by atomic mass is 32.1. The summed E-state index contributed by atoms with van der Waals surface area (Å²) in [7, 11) is 0. The largest absolute Gasteiger partial charge is 0.486 e. The van der Waals surface area contributed by atoms with Gasteiger partial charge in [0.25, 0.3) is 0 Å². The summed E-state index contributed by atoms with van der Waals surface area (Å²) in [5.74, 6) is 7.09. The summed E-state index contributed by atoms with van der Waals surface area (Å²) in [5, 5.41) is 0. The molecule has 0 bridgehead atoms. The third-order valence-electron chi connectivity index (χ3n) is 2.74. The molecule has 1 aromatic heterocycles. The summed E-state index contributed by atoms with van der Waals surface area (Å²) in [5.41, 5.74) is 4.49. The van der Waals surface area contributed by atoms with E-state index in [4.69, 9.17) is 15.3 Å². The Kier molecular flexibility index (Phi) is 3.09. The van der Waals surface area contributed by atoms with Crippen molar-refractivity contribution < 1.29 is 9.47 Å². The quantitative estimate of drug-likeness (QED) is 0.632. The molecular weight excluding hydrogens is 252 g/mol. The molecule has 1 atom stereocenters. The molecule has 1 aliphatic rings. The summed E-state index contributed by atoms with van der Waals surface area (Å²) in [6.45, 7) is 1.15. The van der Waals surface area contributed by atoms with Crippen molar-refractivity contribution in [2.75, 3.05) is 13.2 Å². The molecule has 1 aliphatic heterocycles. The Bertz CT molecular complexity index is 532. The maximum atomic E-state index is 5.59. The fraction of sp³-hybridized carbons (Fsp3) is 0.273. The fourth-order valence-electron chi connectivity index (χ4n) is 1.89. The van der Waals surface area contributed by atoms with Gasteiger partial charge in [0.05, 0.1) is 29.7 Å². The summed E-state index contributed by atoms with van der Waals surface area (Å²) in [4.78, 5) is 0. The highest BCUT2D eigenvalue weighted by Crippen LogP contribution is 2.33. The average Bonchev–Trinajstić information content (AvgIpc) is 2.93. The number of benzene rings is 1. The number of hydrogen-bond donors (Lipinski definition) is 2. The molecule has 0 saturated carbocycles. The van der Waals surface area contributed by atoms with Gasteiger partial charge in [0, 0.05) is 0 Å². The molecule has 0 spiro atoms. The second kappa shape index (κ2) is 4.89. The van der Waals surface area contributed by atoms with Gasteiger partial charge in [-0.3, -0.25) is 5.84 Å². The van der Waals surface area contributed by atoms with Gasteiger partial charge in [-0.25, -0.2) is 5.43 Å². The lowest BCUT2D eigenvalue weighted by Gasteiger charge is -2.21. The zero-order valence-electron chi connectivity index (χ0n) is 9.50. The smallest absolute Gasteiger partial charge is 0.161 e. The Balaban J connectivity index is 1.95. The van der Waals surface area contributed by atoms with Crippen molar-refractivity contribution in [1.29, 1.82) is 0 Å². The molecule has 2 aromatic rings. The first-order valence-corrected chi connectivity index (χ1v) is 6.24. The number of fused-ring (bicyclic) bond motifs is 1. The first-order valence-electron chi connectivity index (χ1n) is 5.51. The van der Waals surface area contributed by atoms with Gasteiger partial charge in [0.1, 0.15) is 13.2 Å².